The van der Waals surface area contributed by atoms with Gasteiger partial charge >= 0.3 is 0 Å². The Morgan fingerprint density at radius 1 is 1.32 bits per heavy atom. The number of thiocarbonyl (C=S) groups is 1. The zero-order valence-electron chi connectivity index (χ0n) is 11.5. The van der Waals surface area contributed by atoms with E-state index in [-0.39, 0.29) is 0 Å². The Morgan fingerprint density at radius 3 is 2.53 bits per heavy atom. The smallest absolute Gasteiger partial charge is 0.107 e. The summed E-state index contributed by atoms with van der Waals surface area (Å²) in [6, 6.07) is 6.42. The van der Waals surface area contributed by atoms with E-state index in [1.165, 1.54) is 25.7 Å². The van der Waals surface area contributed by atoms with E-state index >= 15 is 0 Å². The minimum Gasteiger partial charge on any atom is -0.389 e. The summed E-state index contributed by atoms with van der Waals surface area (Å²) >= 11 is 11.4. The Balaban J connectivity index is 2.26. The number of nitrogens with two attached hydrogens (primary N) is 1. The zero-order chi connectivity index (χ0) is 14.0. The van der Waals surface area contributed by atoms with Crippen LogP contribution in [0.4, 0.5) is 5.69 Å². The Bertz CT molecular complexity index is 467. The molecule has 4 heteroatoms. The maximum atomic E-state index is 6.24. The standard InChI is InChI=1S/C15H21ClN2S/c1-10-6-8-11(9-7-10)18(2)13-5-3-4-12(16)14(13)15(17)19/h3-5,10-11H,6-9H2,1-2H3,(H2,17,19). The molecule has 0 atom stereocenters. The van der Waals surface area contributed by atoms with Crippen LogP contribution in [0.15, 0.2) is 18.2 Å². The monoisotopic (exact) mass is 296 g/mol. The fourth-order valence-corrected chi connectivity index (χ4v) is 3.42. The van der Waals surface area contributed by atoms with E-state index in [1.807, 2.05) is 12.1 Å². The van der Waals surface area contributed by atoms with E-state index in [9.17, 15) is 0 Å². The van der Waals surface area contributed by atoms with Gasteiger partial charge in [-0.05, 0) is 43.7 Å². The number of anilines is 1. The summed E-state index contributed by atoms with van der Waals surface area (Å²) in [5.74, 6) is 0.846. The second-order valence-electron chi connectivity index (χ2n) is 5.52. The van der Waals surface area contributed by atoms with E-state index in [0.29, 0.717) is 16.1 Å². The Morgan fingerprint density at radius 2 is 1.95 bits per heavy atom. The first-order valence-electron chi connectivity index (χ1n) is 6.82. The number of nitrogens with zero attached hydrogens (tertiary/aromatic N) is 1. The molecule has 1 saturated carbocycles. The topological polar surface area (TPSA) is 29.3 Å². The Labute approximate surface area is 125 Å². The molecule has 2 nitrogen and oxygen atoms in total. The van der Waals surface area contributed by atoms with E-state index < -0.39 is 0 Å². The van der Waals surface area contributed by atoms with Gasteiger partial charge in [-0.2, -0.15) is 0 Å². The molecule has 2 rings (SSSR count). The van der Waals surface area contributed by atoms with E-state index in [4.69, 9.17) is 29.6 Å². The van der Waals surface area contributed by atoms with Crippen molar-refractivity contribution in [2.24, 2.45) is 11.7 Å². The third-order valence-electron chi connectivity index (χ3n) is 4.15. The van der Waals surface area contributed by atoms with Gasteiger partial charge in [0.1, 0.15) is 4.99 Å². The fourth-order valence-electron chi connectivity index (χ4n) is 2.88. The third-order valence-corrected chi connectivity index (χ3v) is 4.67. The highest BCUT2D eigenvalue weighted by Crippen LogP contribution is 2.33. The molecule has 1 aliphatic carbocycles. The summed E-state index contributed by atoms with van der Waals surface area (Å²) in [4.78, 5) is 2.67. The summed E-state index contributed by atoms with van der Waals surface area (Å²) in [6.07, 6.45) is 5.03. The van der Waals surface area contributed by atoms with Crippen LogP contribution in [-0.2, 0) is 0 Å². The van der Waals surface area contributed by atoms with Crippen molar-refractivity contribution < 1.29 is 0 Å². The SMILES string of the molecule is CC1CCC(N(C)c2cccc(Cl)c2C(N)=S)CC1. The molecule has 104 valence electrons. The molecular weight excluding hydrogens is 276 g/mol. The minimum atomic E-state index is 0.372. The lowest BCUT2D eigenvalue weighted by molar-refractivity contribution is 0.341. The van der Waals surface area contributed by atoms with Crippen LogP contribution in [-0.4, -0.2) is 18.1 Å². The lowest BCUT2D eigenvalue weighted by atomic mass is 9.86. The van der Waals surface area contributed by atoms with Crippen molar-refractivity contribution in [2.75, 3.05) is 11.9 Å². The van der Waals surface area contributed by atoms with E-state index in [2.05, 4.69) is 24.9 Å². The first-order chi connectivity index (χ1) is 9.00. The fraction of sp³-hybridized carbons (Fsp3) is 0.533. The highest BCUT2D eigenvalue weighted by Gasteiger charge is 2.24. The molecule has 0 spiro atoms. The first kappa shape index (κ1) is 14.6. The van der Waals surface area contributed by atoms with Gasteiger partial charge in [-0.3, -0.25) is 0 Å². The van der Waals surface area contributed by atoms with Crippen molar-refractivity contribution >= 4 is 34.5 Å². The van der Waals surface area contributed by atoms with Crippen molar-refractivity contribution in [3.8, 4) is 0 Å². The summed E-state index contributed by atoms with van der Waals surface area (Å²) in [5.41, 5.74) is 7.69. The van der Waals surface area contributed by atoms with Gasteiger partial charge in [0.2, 0.25) is 0 Å². The first-order valence-corrected chi connectivity index (χ1v) is 7.60. The van der Waals surface area contributed by atoms with Gasteiger partial charge < -0.3 is 10.6 Å². The van der Waals surface area contributed by atoms with Gasteiger partial charge in [0, 0.05) is 18.8 Å². The van der Waals surface area contributed by atoms with E-state index in [0.717, 1.165) is 17.2 Å². The van der Waals surface area contributed by atoms with Crippen LogP contribution in [0.1, 0.15) is 38.2 Å². The molecule has 0 heterocycles. The van der Waals surface area contributed by atoms with Gasteiger partial charge in [0.15, 0.2) is 0 Å². The molecule has 1 fully saturated rings. The Hall–Kier alpha value is -0.800. The predicted octanol–water partition coefficient (Wildman–Crippen LogP) is 3.99. The molecule has 1 aliphatic rings. The highest BCUT2D eigenvalue weighted by atomic mass is 35.5. The average Bonchev–Trinajstić information content (AvgIpc) is 2.38. The van der Waals surface area contributed by atoms with Crippen molar-refractivity contribution in [3.05, 3.63) is 28.8 Å². The Kier molecular flexibility index (Phi) is 4.69. The van der Waals surface area contributed by atoms with E-state index in [1.54, 1.807) is 0 Å². The summed E-state index contributed by atoms with van der Waals surface area (Å²) < 4.78 is 0. The van der Waals surface area contributed by atoms with Gasteiger partial charge in [-0.25, -0.2) is 0 Å². The van der Waals surface area contributed by atoms with Crippen molar-refractivity contribution in [3.63, 3.8) is 0 Å². The molecule has 2 N–H and O–H groups in total. The number of hydrogen-bond donors (Lipinski definition) is 1. The second kappa shape index (κ2) is 6.10. The third kappa shape index (κ3) is 3.21. The van der Waals surface area contributed by atoms with Crippen molar-refractivity contribution in [1.82, 2.24) is 0 Å². The summed E-state index contributed by atoms with van der Waals surface area (Å²) in [7, 11) is 2.12. The summed E-state index contributed by atoms with van der Waals surface area (Å²) in [5, 5.41) is 0.640. The quantitative estimate of drug-likeness (QED) is 0.855. The van der Waals surface area contributed by atoms with Gasteiger partial charge in [-0.1, -0.05) is 36.8 Å². The largest absolute Gasteiger partial charge is 0.389 e. The zero-order valence-corrected chi connectivity index (χ0v) is 13.1. The number of benzene rings is 1. The molecule has 0 saturated heterocycles. The molecule has 19 heavy (non-hydrogen) atoms. The summed E-state index contributed by atoms with van der Waals surface area (Å²) in [6.45, 7) is 2.33. The average molecular weight is 297 g/mol. The maximum absolute atomic E-state index is 6.24. The van der Waals surface area contributed by atoms with Gasteiger partial charge in [0.05, 0.1) is 10.6 Å². The lowest BCUT2D eigenvalue weighted by Crippen LogP contribution is -2.36. The number of halogens is 1. The lowest BCUT2D eigenvalue weighted by Gasteiger charge is -2.36. The van der Waals surface area contributed by atoms with Crippen molar-refractivity contribution in [2.45, 2.75) is 38.6 Å². The molecule has 1 aromatic carbocycles. The number of rotatable bonds is 3. The normalized spacial score (nSPS) is 23.1. The van der Waals surface area contributed by atoms with Crippen LogP contribution in [0.3, 0.4) is 0 Å². The molecule has 0 aliphatic heterocycles. The maximum Gasteiger partial charge on any atom is 0.107 e. The highest BCUT2D eigenvalue weighted by molar-refractivity contribution is 7.80. The van der Waals surface area contributed by atoms with Gasteiger partial charge in [-0.15, -0.1) is 0 Å². The molecule has 0 radical (unpaired) electrons. The minimum absolute atomic E-state index is 0.372. The molecule has 1 aromatic rings. The van der Waals surface area contributed by atoms with Crippen LogP contribution in [0, 0.1) is 5.92 Å². The van der Waals surface area contributed by atoms with Crippen LogP contribution in [0.2, 0.25) is 5.02 Å². The molecule has 0 aromatic heterocycles. The van der Waals surface area contributed by atoms with Crippen molar-refractivity contribution in [1.29, 1.82) is 0 Å². The second-order valence-corrected chi connectivity index (χ2v) is 6.37. The molecule has 0 unspecified atom stereocenters. The van der Waals surface area contributed by atoms with Crippen LogP contribution in [0.25, 0.3) is 0 Å². The molecular formula is C15H21ClN2S. The van der Waals surface area contributed by atoms with Gasteiger partial charge in [0.25, 0.3) is 0 Å². The number of hydrogen-bond acceptors (Lipinski definition) is 2. The van der Waals surface area contributed by atoms with Crippen LogP contribution >= 0.6 is 23.8 Å². The predicted molar refractivity (Wildman–Crippen MR) is 87.2 cm³/mol. The van der Waals surface area contributed by atoms with Crippen LogP contribution in [0.5, 0.6) is 0 Å². The molecule has 0 amide bonds. The van der Waals surface area contributed by atoms with Crippen LogP contribution < -0.4 is 10.6 Å². The molecule has 0 bridgehead atoms.